The van der Waals surface area contributed by atoms with Gasteiger partial charge < -0.3 is 4.74 Å². The first-order valence-corrected chi connectivity index (χ1v) is 6.08. The van der Waals surface area contributed by atoms with Crippen LogP contribution in [0.4, 0.5) is 0 Å². The molecule has 0 radical (unpaired) electrons. The Morgan fingerprint density at radius 3 is 2.43 bits per heavy atom. The van der Waals surface area contributed by atoms with Gasteiger partial charge in [-0.2, -0.15) is 17.0 Å². The average molecular weight is 222 g/mol. The van der Waals surface area contributed by atoms with Crippen molar-refractivity contribution < 1.29 is 13.2 Å². The monoisotopic (exact) mass is 222 g/mol. The van der Waals surface area contributed by atoms with Crippen molar-refractivity contribution in [3.8, 4) is 0 Å². The number of rotatable bonds is 2. The van der Waals surface area contributed by atoms with Crippen LogP contribution in [0.1, 0.15) is 13.8 Å². The van der Waals surface area contributed by atoms with Crippen molar-refractivity contribution in [3.05, 3.63) is 0 Å². The van der Waals surface area contributed by atoms with E-state index >= 15 is 0 Å². The molecule has 0 aromatic carbocycles. The number of hydrogen-bond donors (Lipinski definition) is 0. The predicted octanol–water partition coefficient (Wildman–Crippen LogP) is -0.0980. The van der Waals surface area contributed by atoms with Crippen LogP contribution in [0.2, 0.25) is 0 Å². The molecule has 1 saturated heterocycles. The van der Waals surface area contributed by atoms with Crippen molar-refractivity contribution in [2.45, 2.75) is 26.0 Å². The van der Waals surface area contributed by atoms with Gasteiger partial charge in [-0.05, 0) is 13.8 Å². The molecule has 0 aliphatic carbocycles. The highest BCUT2D eigenvalue weighted by atomic mass is 32.2. The number of nitrogens with zero attached hydrogens (tertiary/aromatic N) is 2. The van der Waals surface area contributed by atoms with Crippen LogP contribution in [0, 0.1) is 0 Å². The van der Waals surface area contributed by atoms with Gasteiger partial charge in [0.2, 0.25) is 0 Å². The fourth-order valence-corrected chi connectivity index (χ4v) is 2.76. The van der Waals surface area contributed by atoms with Gasteiger partial charge in [0, 0.05) is 26.7 Å². The lowest BCUT2D eigenvalue weighted by Crippen LogP contribution is -2.54. The Bertz CT molecular complexity index is 289. The van der Waals surface area contributed by atoms with Crippen LogP contribution in [0.25, 0.3) is 0 Å². The lowest BCUT2D eigenvalue weighted by Gasteiger charge is -2.37. The molecule has 1 fully saturated rings. The van der Waals surface area contributed by atoms with Gasteiger partial charge in [0.1, 0.15) is 0 Å². The SMILES string of the molecule is CC1OCCN(S(=O)(=O)N(C)C)C1C. The smallest absolute Gasteiger partial charge is 0.281 e. The zero-order valence-electron chi connectivity index (χ0n) is 9.10. The third-order valence-corrected chi connectivity index (χ3v) is 4.61. The Kier molecular flexibility index (Phi) is 3.52. The molecule has 0 saturated carbocycles. The summed E-state index contributed by atoms with van der Waals surface area (Å²) in [5, 5.41) is 0. The Morgan fingerprint density at radius 2 is 1.93 bits per heavy atom. The summed E-state index contributed by atoms with van der Waals surface area (Å²) in [7, 11) is -0.208. The number of morpholine rings is 1. The molecule has 14 heavy (non-hydrogen) atoms. The highest BCUT2D eigenvalue weighted by Gasteiger charge is 2.35. The van der Waals surface area contributed by atoms with Crippen molar-refractivity contribution in [3.63, 3.8) is 0 Å². The highest BCUT2D eigenvalue weighted by Crippen LogP contribution is 2.18. The van der Waals surface area contributed by atoms with Crippen molar-refractivity contribution in [1.82, 2.24) is 8.61 Å². The van der Waals surface area contributed by atoms with Crippen LogP contribution < -0.4 is 0 Å². The first-order valence-electron chi connectivity index (χ1n) is 4.68. The molecule has 0 N–H and O–H groups in total. The lowest BCUT2D eigenvalue weighted by atomic mass is 10.2. The second-order valence-electron chi connectivity index (χ2n) is 3.72. The van der Waals surface area contributed by atoms with Crippen molar-refractivity contribution in [2.24, 2.45) is 0 Å². The van der Waals surface area contributed by atoms with Crippen LogP contribution >= 0.6 is 0 Å². The molecule has 0 aromatic rings. The van der Waals surface area contributed by atoms with Gasteiger partial charge in [0.25, 0.3) is 10.2 Å². The normalized spacial score (nSPS) is 30.9. The topological polar surface area (TPSA) is 49.9 Å². The first kappa shape index (κ1) is 11.9. The molecule has 6 heteroatoms. The van der Waals surface area contributed by atoms with Gasteiger partial charge in [-0.15, -0.1) is 0 Å². The van der Waals surface area contributed by atoms with E-state index in [2.05, 4.69) is 0 Å². The van der Waals surface area contributed by atoms with E-state index in [9.17, 15) is 8.42 Å². The van der Waals surface area contributed by atoms with Crippen LogP contribution in [-0.2, 0) is 14.9 Å². The molecule has 1 aliphatic heterocycles. The van der Waals surface area contributed by atoms with Gasteiger partial charge in [-0.25, -0.2) is 0 Å². The quantitative estimate of drug-likeness (QED) is 0.655. The summed E-state index contributed by atoms with van der Waals surface area (Å²) in [4.78, 5) is 0. The summed E-state index contributed by atoms with van der Waals surface area (Å²) in [6, 6.07) is -0.101. The molecule has 1 heterocycles. The number of hydrogen-bond acceptors (Lipinski definition) is 3. The summed E-state index contributed by atoms with van der Waals surface area (Å²) in [5.41, 5.74) is 0. The molecule has 84 valence electrons. The van der Waals surface area contributed by atoms with Gasteiger partial charge in [0.15, 0.2) is 0 Å². The van der Waals surface area contributed by atoms with Crippen molar-refractivity contribution in [2.75, 3.05) is 27.2 Å². The van der Waals surface area contributed by atoms with E-state index in [0.717, 1.165) is 0 Å². The molecule has 0 bridgehead atoms. The zero-order chi connectivity index (χ0) is 10.9. The van der Waals surface area contributed by atoms with Gasteiger partial charge >= 0.3 is 0 Å². The van der Waals surface area contributed by atoms with Crippen molar-refractivity contribution in [1.29, 1.82) is 0 Å². The molecule has 1 aliphatic rings. The maximum atomic E-state index is 11.8. The molecular formula is C8H18N2O3S. The summed E-state index contributed by atoms with van der Waals surface area (Å²) >= 11 is 0. The fourth-order valence-electron chi connectivity index (χ4n) is 1.44. The van der Waals surface area contributed by atoms with E-state index in [-0.39, 0.29) is 12.1 Å². The minimum absolute atomic E-state index is 0.0431. The number of ether oxygens (including phenoxy) is 1. The van der Waals surface area contributed by atoms with Gasteiger partial charge in [-0.3, -0.25) is 0 Å². The minimum atomic E-state index is -3.30. The second kappa shape index (κ2) is 4.14. The second-order valence-corrected chi connectivity index (χ2v) is 5.81. The summed E-state index contributed by atoms with van der Waals surface area (Å²) < 4.78 is 31.8. The first-order chi connectivity index (χ1) is 6.37. The minimum Gasteiger partial charge on any atom is -0.375 e. The van der Waals surface area contributed by atoms with Gasteiger partial charge in [0.05, 0.1) is 12.7 Å². The van der Waals surface area contributed by atoms with Crippen molar-refractivity contribution >= 4 is 10.2 Å². The van der Waals surface area contributed by atoms with E-state index in [1.165, 1.54) is 8.61 Å². The molecule has 0 spiro atoms. The summed E-state index contributed by atoms with van der Waals surface area (Å²) in [6.45, 7) is 4.66. The third-order valence-electron chi connectivity index (χ3n) is 2.58. The Hall–Kier alpha value is -0.170. The third kappa shape index (κ3) is 2.08. The maximum Gasteiger partial charge on any atom is 0.281 e. The van der Waals surface area contributed by atoms with Crippen LogP contribution in [0.3, 0.4) is 0 Å². The molecule has 2 unspecified atom stereocenters. The largest absolute Gasteiger partial charge is 0.375 e. The molecule has 1 rings (SSSR count). The van der Waals surface area contributed by atoms with Crippen LogP contribution in [0.5, 0.6) is 0 Å². The Labute approximate surface area is 85.8 Å². The Balaban J connectivity index is 2.87. The van der Waals surface area contributed by atoms with Crippen LogP contribution in [-0.4, -0.2) is 56.4 Å². The lowest BCUT2D eigenvalue weighted by molar-refractivity contribution is -0.0246. The van der Waals surface area contributed by atoms with E-state index in [1.54, 1.807) is 14.1 Å². The Morgan fingerprint density at radius 1 is 1.36 bits per heavy atom. The molecule has 2 atom stereocenters. The van der Waals surface area contributed by atoms with E-state index < -0.39 is 10.2 Å². The van der Waals surface area contributed by atoms with Crippen LogP contribution in [0.15, 0.2) is 0 Å². The summed E-state index contributed by atoms with van der Waals surface area (Å²) in [5.74, 6) is 0. The fraction of sp³-hybridized carbons (Fsp3) is 1.00. The zero-order valence-corrected chi connectivity index (χ0v) is 9.91. The summed E-state index contributed by atoms with van der Waals surface area (Å²) in [6.07, 6.45) is -0.0431. The maximum absolute atomic E-state index is 11.8. The van der Waals surface area contributed by atoms with Gasteiger partial charge in [-0.1, -0.05) is 0 Å². The molecule has 0 aromatic heterocycles. The van der Waals surface area contributed by atoms with E-state index in [0.29, 0.717) is 13.2 Å². The predicted molar refractivity (Wildman–Crippen MR) is 54.2 cm³/mol. The van der Waals surface area contributed by atoms with E-state index in [1.807, 2.05) is 13.8 Å². The molecule has 0 amide bonds. The molecular weight excluding hydrogens is 204 g/mol. The standard InChI is InChI=1S/C8H18N2O3S/c1-7-8(2)13-6-5-10(7)14(11,12)9(3)4/h7-8H,5-6H2,1-4H3. The highest BCUT2D eigenvalue weighted by molar-refractivity contribution is 7.86. The van der Waals surface area contributed by atoms with E-state index in [4.69, 9.17) is 4.74 Å². The average Bonchev–Trinajstić information content (AvgIpc) is 2.09. The molecule has 5 nitrogen and oxygen atoms in total.